The Hall–Kier alpha value is -1.87. The molecule has 0 aliphatic rings. The van der Waals surface area contributed by atoms with Crippen molar-refractivity contribution in [2.45, 2.75) is 20.1 Å². The molecule has 0 saturated heterocycles. The van der Waals surface area contributed by atoms with Gasteiger partial charge in [0.2, 0.25) is 0 Å². The fourth-order valence-corrected chi connectivity index (χ4v) is 1.66. The van der Waals surface area contributed by atoms with Gasteiger partial charge in [0, 0.05) is 12.2 Å². The van der Waals surface area contributed by atoms with Crippen molar-refractivity contribution in [2.24, 2.45) is 0 Å². The Labute approximate surface area is 108 Å². The van der Waals surface area contributed by atoms with E-state index in [1.807, 2.05) is 26.1 Å². The van der Waals surface area contributed by atoms with Gasteiger partial charge >= 0.3 is 0 Å². The highest BCUT2D eigenvalue weighted by Gasteiger charge is 1.97. The molecule has 0 fully saturated rings. The van der Waals surface area contributed by atoms with E-state index in [0.717, 1.165) is 23.6 Å². The van der Waals surface area contributed by atoms with Crippen LogP contribution in [-0.2, 0) is 13.2 Å². The van der Waals surface area contributed by atoms with Crippen LogP contribution in [0.5, 0.6) is 5.75 Å². The molecule has 0 radical (unpaired) electrons. The number of hydrogen-bond donors (Lipinski definition) is 1. The van der Waals surface area contributed by atoms with Gasteiger partial charge in [-0.15, -0.1) is 0 Å². The van der Waals surface area contributed by atoms with Gasteiger partial charge in [-0.2, -0.15) is 0 Å². The molecule has 94 valence electrons. The minimum atomic E-state index is 0.574. The summed E-state index contributed by atoms with van der Waals surface area (Å²) in [6, 6.07) is 12.3. The van der Waals surface area contributed by atoms with Crippen LogP contribution in [-0.4, -0.2) is 12.0 Å². The molecule has 1 aromatic heterocycles. The van der Waals surface area contributed by atoms with Crippen LogP contribution >= 0.6 is 0 Å². The maximum atomic E-state index is 5.67. The largest absolute Gasteiger partial charge is 0.487 e. The second-order valence-corrected chi connectivity index (χ2v) is 4.27. The molecule has 18 heavy (non-hydrogen) atoms. The first kappa shape index (κ1) is 12.6. The molecule has 2 aromatic rings. The molecular formula is C15H18N2O. The van der Waals surface area contributed by atoms with Gasteiger partial charge < -0.3 is 10.1 Å². The predicted octanol–water partition coefficient (Wildman–Crippen LogP) is 2.69. The molecular weight excluding hydrogens is 224 g/mol. The van der Waals surface area contributed by atoms with Crippen molar-refractivity contribution in [1.82, 2.24) is 10.3 Å². The lowest BCUT2D eigenvalue weighted by molar-refractivity contribution is 0.305. The number of rotatable bonds is 5. The topological polar surface area (TPSA) is 34.1 Å². The summed E-state index contributed by atoms with van der Waals surface area (Å²) in [5.74, 6) is 0.805. The van der Waals surface area contributed by atoms with Gasteiger partial charge in [0.05, 0.1) is 6.20 Å². The van der Waals surface area contributed by atoms with Gasteiger partial charge in [-0.05, 0) is 37.2 Å². The van der Waals surface area contributed by atoms with E-state index in [1.165, 1.54) is 5.56 Å². The first-order valence-electron chi connectivity index (χ1n) is 6.06. The Kier molecular flexibility index (Phi) is 4.31. The number of aryl methyl sites for hydroxylation is 1. The lowest BCUT2D eigenvalue weighted by Gasteiger charge is -2.07. The van der Waals surface area contributed by atoms with Crippen LogP contribution in [0.3, 0.4) is 0 Å². The van der Waals surface area contributed by atoms with Crippen molar-refractivity contribution in [3.8, 4) is 5.75 Å². The average molecular weight is 242 g/mol. The second kappa shape index (κ2) is 6.17. The summed E-state index contributed by atoms with van der Waals surface area (Å²) >= 11 is 0. The van der Waals surface area contributed by atoms with Gasteiger partial charge in [-0.25, -0.2) is 0 Å². The number of ether oxygens (including phenoxy) is 1. The summed E-state index contributed by atoms with van der Waals surface area (Å²) in [5, 5.41) is 3.13. The van der Waals surface area contributed by atoms with Crippen LogP contribution in [0.25, 0.3) is 0 Å². The lowest BCUT2D eigenvalue weighted by Crippen LogP contribution is -2.05. The highest BCUT2D eigenvalue weighted by Crippen LogP contribution is 2.12. The summed E-state index contributed by atoms with van der Waals surface area (Å²) in [6.45, 7) is 3.43. The minimum absolute atomic E-state index is 0.574. The number of benzene rings is 1. The fraction of sp³-hybridized carbons (Fsp3) is 0.267. The number of hydrogen-bond acceptors (Lipinski definition) is 3. The standard InChI is InChI=1S/C15H18N2O/c1-12-3-8-15(10-17-12)18-11-14-6-4-13(5-7-14)9-16-2/h3-8,10,16H,9,11H2,1-2H3. The predicted molar refractivity (Wildman–Crippen MR) is 72.5 cm³/mol. The van der Waals surface area contributed by atoms with Crippen LogP contribution in [0.15, 0.2) is 42.6 Å². The molecule has 0 aliphatic heterocycles. The fourth-order valence-electron chi connectivity index (χ4n) is 1.66. The summed E-state index contributed by atoms with van der Waals surface area (Å²) in [5.41, 5.74) is 3.44. The molecule has 1 N–H and O–H groups in total. The molecule has 0 saturated carbocycles. The van der Waals surface area contributed by atoms with Crippen molar-refractivity contribution in [2.75, 3.05) is 7.05 Å². The van der Waals surface area contributed by atoms with Gasteiger partial charge in [-0.1, -0.05) is 24.3 Å². The van der Waals surface area contributed by atoms with Crippen LogP contribution in [0.1, 0.15) is 16.8 Å². The van der Waals surface area contributed by atoms with Gasteiger partial charge in [0.1, 0.15) is 12.4 Å². The van der Waals surface area contributed by atoms with E-state index in [-0.39, 0.29) is 0 Å². The summed E-state index contributed by atoms with van der Waals surface area (Å²) in [4.78, 5) is 4.20. The van der Waals surface area contributed by atoms with Crippen LogP contribution < -0.4 is 10.1 Å². The Bertz CT molecular complexity index is 477. The van der Waals surface area contributed by atoms with Crippen molar-refractivity contribution < 1.29 is 4.74 Å². The molecule has 0 bridgehead atoms. The zero-order valence-electron chi connectivity index (χ0n) is 10.8. The third-order valence-corrected chi connectivity index (χ3v) is 2.69. The van der Waals surface area contributed by atoms with E-state index < -0.39 is 0 Å². The second-order valence-electron chi connectivity index (χ2n) is 4.27. The van der Waals surface area contributed by atoms with Crippen molar-refractivity contribution >= 4 is 0 Å². The first-order chi connectivity index (χ1) is 8.78. The van der Waals surface area contributed by atoms with Crippen LogP contribution in [0.2, 0.25) is 0 Å². The minimum Gasteiger partial charge on any atom is -0.487 e. The molecule has 3 heteroatoms. The molecule has 0 aliphatic carbocycles. The maximum Gasteiger partial charge on any atom is 0.138 e. The van der Waals surface area contributed by atoms with E-state index in [9.17, 15) is 0 Å². The van der Waals surface area contributed by atoms with Gasteiger partial charge in [-0.3, -0.25) is 4.98 Å². The zero-order chi connectivity index (χ0) is 12.8. The van der Waals surface area contributed by atoms with Crippen LogP contribution in [0, 0.1) is 6.92 Å². The number of nitrogens with zero attached hydrogens (tertiary/aromatic N) is 1. The summed E-state index contributed by atoms with van der Waals surface area (Å²) in [7, 11) is 1.95. The van der Waals surface area contributed by atoms with Crippen molar-refractivity contribution in [3.63, 3.8) is 0 Å². The maximum absolute atomic E-state index is 5.67. The van der Waals surface area contributed by atoms with E-state index >= 15 is 0 Å². The van der Waals surface area contributed by atoms with Gasteiger partial charge in [0.15, 0.2) is 0 Å². The molecule has 3 nitrogen and oxygen atoms in total. The van der Waals surface area contributed by atoms with E-state index in [1.54, 1.807) is 6.20 Å². The monoisotopic (exact) mass is 242 g/mol. The Morgan fingerprint density at radius 1 is 1.06 bits per heavy atom. The third kappa shape index (κ3) is 3.57. The SMILES string of the molecule is CNCc1ccc(COc2ccc(C)nc2)cc1. The molecule has 0 unspecified atom stereocenters. The Balaban J connectivity index is 1.91. The normalized spacial score (nSPS) is 10.3. The third-order valence-electron chi connectivity index (χ3n) is 2.69. The van der Waals surface area contributed by atoms with Crippen LogP contribution in [0.4, 0.5) is 0 Å². The average Bonchev–Trinajstić information content (AvgIpc) is 2.40. The highest BCUT2D eigenvalue weighted by atomic mass is 16.5. The summed E-state index contributed by atoms with van der Waals surface area (Å²) in [6.07, 6.45) is 1.75. The molecule has 1 heterocycles. The molecule has 1 aromatic carbocycles. The van der Waals surface area contributed by atoms with Crippen molar-refractivity contribution in [1.29, 1.82) is 0 Å². The Morgan fingerprint density at radius 2 is 1.78 bits per heavy atom. The Morgan fingerprint density at radius 3 is 2.39 bits per heavy atom. The quantitative estimate of drug-likeness (QED) is 0.875. The highest BCUT2D eigenvalue weighted by molar-refractivity contribution is 5.24. The molecule has 0 atom stereocenters. The van der Waals surface area contributed by atoms with Crippen molar-refractivity contribution in [3.05, 3.63) is 59.4 Å². The van der Waals surface area contributed by atoms with E-state index in [0.29, 0.717) is 6.61 Å². The molecule has 0 spiro atoms. The van der Waals surface area contributed by atoms with Gasteiger partial charge in [0.25, 0.3) is 0 Å². The number of nitrogens with one attached hydrogen (secondary N) is 1. The number of aromatic nitrogens is 1. The van der Waals surface area contributed by atoms with E-state index in [2.05, 4.69) is 34.6 Å². The summed E-state index contributed by atoms with van der Waals surface area (Å²) < 4.78 is 5.67. The lowest BCUT2D eigenvalue weighted by atomic mass is 10.1. The smallest absolute Gasteiger partial charge is 0.138 e. The van der Waals surface area contributed by atoms with E-state index in [4.69, 9.17) is 4.74 Å². The molecule has 2 rings (SSSR count). The molecule has 0 amide bonds. The zero-order valence-corrected chi connectivity index (χ0v) is 10.8. The first-order valence-corrected chi connectivity index (χ1v) is 6.06. The number of pyridine rings is 1.